The highest BCUT2D eigenvalue weighted by Crippen LogP contribution is 2.39. The molecule has 2 aromatic carbocycles. The van der Waals surface area contributed by atoms with Crippen LogP contribution in [0.5, 0.6) is 11.5 Å². The van der Waals surface area contributed by atoms with E-state index in [2.05, 4.69) is 4.98 Å². The van der Waals surface area contributed by atoms with Gasteiger partial charge >= 0.3 is 5.97 Å². The second-order valence-corrected chi connectivity index (χ2v) is 8.62. The van der Waals surface area contributed by atoms with E-state index in [4.69, 9.17) is 25.8 Å². The number of benzene rings is 2. The average Bonchev–Trinajstić information content (AvgIpc) is 2.78. The SMILES string of the molecule is COC(=O)c1ccc2c(=O)n(CC(C)O)c(SCc3cc(Cl)c4c(c3)OCCO4)nc2c1. The van der Waals surface area contributed by atoms with Crippen LogP contribution in [0.15, 0.2) is 40.3 Å². The number of halogens is 1. The minimum Gasteiger partial charge on any atom is -0.486 e. The van der Waals surface area contributed by atoms with Crippen molar-refractivity contribution in [1.82, 2.24) is 9.55 Å². The fourth-order valence-corrected chi connectivity index (χ4v) is 4.60. The molecule has 32 heavy (non-hydrogen) atoms. The number of ether oxygens (including phenoxy) is 3. The van der Waals surface area contributed by atoms with Gasteiger partial charge in [-0.15, -0.1) is 0 Å². The third-order valence-corrected chi connectivity index (χ3v) is 6.14. The first-order valence-corrected chi connectivity index (χ1v) is 11.3. The maximum Gasteiger partial charge on any atom is 0.337 e. The van der Waals surface area contributed by atoms with Crippen molar-refractivity contribution in [3.63, 3.8) is 0 Å². The summed E-state index contributed by atoms with van der Waals surface area (Å²) in [6, 6.07) is 8.23. The minimum absolute atomic E-state index is 0.0881. The topological polar surface area (TPSA) is 99.9 Å². The third-order valence-electron chi connectivity index (χ3n) is 4.81. The molecule has 0 spiro atoms. The molecule has 1 N–H and O–H groups in total. The number of esters is 1. The zero-order valence-corrected chi connectivity index (χ0v) is 19.0. The normalized spacial score (nSPS) is 13.8. The Morgan fingerprint density at radius 1 is 1.31 bits per heavy atom. The van der Waals surface area contributed by atoms with Gasteiger partial charge in [0, 0.05) is 5.75 Å². The van der Waals surface area contributed by atoms with Crippen LogP contribution >= 0.6 is 23.4 Å². The molecule has 0 bridgehead atoms. The van der Waals surface area contributed by atoms with Crippen LogP contribution in [0.1, 0.15) is 22.8 Å². The molecule has 1 aliphatic rings. The lowest BCUT2D eigenvalue weighted by molar-refractivity contribution is 0.0601. The molecule has 1 aromatic heterocycles. The molecular formula is C22H21ClN2O6S. The number of hydrogen-bond acceptors (Lipinski definition) is 8. The number of carbonyl (C=O) groups excluding carboxylic acids is 1. The maximum atomic E-state index is 13.1. The fourth-order valence-electron chi connectivity index (χ4n) is 3.38. The first kappa shape index (κ1) is 22.4. The number of rotatable bonds is 6. The number of aliphatic hydroxyl groups is 1. The predicted molar refractivity (Wildman–Crippen MR) is 121 cm³/mol. The number of nitrogens with zero attached hydrogens (tertiary/aromatic N) is 2. The zero-order valence-electron chi connectivity index (χ0n) is 17.5. The Morgan fingerprint density at radius 2 is 2.09 bits per heavy atom. The maximum absolute atomic E-state index is 13.1. The Balaban J connectivity index is 1.72. The van der Waals surface area contributed by atoms with Crippen molar-refractivity contribution in [3.05, 3.63) is 56.8 Å². The molecule has 0 saturated carbocycles. The van der Waals surface area contributed by atoms with Crippen LogP contribution in [-0.2, 0) is 17.0 Å². The van der Waals surface area contributed by atoms with Gasteiger partial charge in [-0.05, 0) is 42.8 Å². The number of aliphatic hydroxyl groups excluding tert-OH is 1. The summed E-state index contributed by atoms with van der Waals surface area (Å²) in [7, 11) is 1.29. The van der Waals surface area contributed by atoms with Gasteiger partial charge in [-0.2, -0.15) is 0 Å². The lowest BCUT2D eigenvalue weighted by Gasteiger charge is -2.20. The van der Waals surface area contributed by atoms with Crippen LogP contribution in [-0.4, -0.2) is 47.1 Å². The minimum atomic E-state index is -0.746. The number of carbonyl (C=O) groups is 1. The standard InChI is InChI=1S/C22H21ClN2O6S/c1-12(26)10-25-20(27)15-4-3-14(21(28)29-2)9-17(15)24-22(25)32-11-13-7-16(23)19-18(8-13)30-5-6-31-19/h3-4,7-9,12,26H,5-6,10-11H2,1-2H3. The third kappa shape index (κ3) is 4.55. The molecule has 0 aliphatic carbocycles. The summed E-state index contributed by atoms with van der Waals surface area (Å²) < 4.78 is 17.4. The van der Waals surface area contributed by atoms with Gasteiger partial charge in [-0.25, -0.2) is 9.78 Å². The van der Waals surface area contributed by atoms with Gasteiger partial charge in [0.25, 0.3) is 5.56 Å². The van der Waals surface area contributed by atoms with Crippen molar-refractivity contribution in [2.45, 2.75) is 30.5 Å². The quantitative estimate of drug-likeness (QED) is 0.328. The molecule has 3 aromatic rings. The van der Waals surface area contributed by atoms with Crippen LogP contribution in [0.2, 0.25) is 5.02 Å². The van der Waals surface area contributed by atoms with E-state index in [9.17, 15) is 14.7 Å². The molecule has 1 aliphatic heterocycles. The second-order valence-electron chi connectivity index (χ2n) is 7.27. The smallest absolute Gasteiger partial charge is 0.337 e. The van der Waals surface area contributed by atoms with Crippen molar-refractivity contribution in [2.75, 3.05) is 20.3 Å². The molecule has 0 radical (unpaired) electrons. The Labute approximate surface area is 193 Å². The first-order chi connectivity index (χ1) is 15.4. The summed E-state index contributed by atoms with van der Waals surface area (Å²) >= 11 is 7.65. The number of methoxy groups -OCH3 is 1. The molecule has 1 atom stereocenters. The Morgan fingerprint density at radius 3 is 2.84 bits per heavy atom. The number of aromatic nitrogens is 2. The predicted octanol–water partition coefficient (Wildman–Crippen LogP) is 3.28. The largest absolute Gasteiger partial charge is 0.486 e. The van der Waals surface area contributed by atoms with Gasteiger partial charge in [0.1, 0.15) is 13.2 Å². The molecule has 10 heteroatoms. The highest BCUT2D eigenvalue weighted by molar-refractivity contribution is 7.98. The molecule has 0 amide bonds. The highest BCUT2D eigenvalue weighted by Gasteiger charge is 2.19. The van der Waals surface area contributed by atoms with Crippen LogP contribution in [0.3, 0.4) is 0 Å². The van der Waals surface area contributed by atoms with Crippen LogP contribution in [0, 0.1) is 0 Å². The summed E-state index contributed by atoms with van der Waals surface area (Å²) in [5, 5.41) is 11.1. The summed E-state index contributed by atoms with van der Waals surface area (Å²) in [6.07, 6.45) is -0.746. The summed E-state index contributed by atoms with van der Waals surface area (Å²) in [4.78, 5) is 29.6. The number of thioether (sulfide) groups is 1. The number of fused-ring (bicyclic) bond motifs is 2. The van der Waals surface area contributed by atoms with Crippen LogP contribution in [0.4, 0.5) is 0 Å². The van der Waals surface area contributed by atoms with E-state index in [1.807, 2.05) is 6.07 Å². The fraction of sp³-hybridized carbons (Fsp3) is 0.318. The van der Waals surface area contributed by atoms with Gasteiger partial charge in [0.2, 0.25) is 0 Å². The Hall–Kier alpha value is -2.75. The van der Waals surface area contributed by atoms with E-state index in [0.717, 1.165) is 5.56 Å². The molecule has 8 nitrogen and oxygen atoms in total. The monoisotopic (exact) mass is 476 g/mol. The summed E-state index contributed by atoms with van der Waals surface area (Å²) in [5.74, 6) is 1.04. The van der Waals surface area contributed by atoms with Crippen LogP contribution in [0.25, 0.3) is 10.9 Å². The van der Waals surface area contributed by atoms with E-state index in [0.29, 0.717) is 57.1 Å². The van der Waals surface area contributed by atoms with E-state index in [-0.39, 0.29) is 12.1 Å². The number of hydrogen-bond donors (Lipinski definition) is 1. The molecule has 4 rings (SSSR count). The van der Waals surface area contributed by atoms with Gasteiger partial charge in [-0.1, -0.05) is 23.4 Å². The first-order valence-electron chi connectivity index (χ1n) is 9.89. The molecular weight excluding hydrogens is 456 g/mol. The summed E-state index contributed by atoms with van der Waals surface area (Å²) in [6.45, 7) is 2.58. The van der Waals surface area contributed by atoms with Crippen molar-refractivity contribution in [1.29, 1.82) is 0 Å². The molecule has 0 fully saturated rings. The molecule has 1 unspecified atom stereocenters. The van der Waals surface area contributed by atoms with Gasteiger partial charge in [0.05, 0.1) is 41.2 Å². The molecule has 168 valence electrons. The van der Waals surface area contributed by atoms with Gasteiger partial charge in [-0.3, -0.25) is 9.36 Å². The lowest BCUT2D eigenvalue weighted by atomic mass is 10.1. The highest BCUT2D eigenvalue weighted by atomic mass is 35.5. The summed E-state index contributed by atoms with van der Waals surface area (Å²) in [5.41, 5.74) is 1.25. The van der Waals surface area contributed by atoms with E-state index >= 15 is 0 Å². The van der Waals surface area contributed by atoms with Crippen molar-refractivity contribution in [2.24, 2.45) is 0 Å². The molecule has 2 heterocycles. The zero-order chi connectivity index (χ0) is 22.8. The van der Waals surface area contributed by atoms with E-state index in [1.165, 1.54) is 35.6 Å². The van der Waals surface area contributed by atoms with Gasteiger partial charge < -0.3 is 19.3 Å². The van der Waals surface area contributed by atoms with Crippen molar-refractivity contribution >= 4 is 40.2 Å². The van der Waals surface area contributed by atoms with E-state index < -0.39 is 12.1 Å². The van der Waals surface area contributed by atoms with Crippen molar-refractivity contribution in [3.8, 4) is 11.5 Å². The Bertz CT molecular complexity index is 1240. The van der Waals surface area contributed by atoms with E-state index in [1.54, 1.807) is 19.1 Å². The Kier molecular flexibility index (Phi) is 6.59. The molecule has 0 saturated heterocycles. The second kappa shape index (κ2) is 9.40. The van der Waals surface area contributed by atoms with Crippen molar-refractivity contribution < 1.29 is 24.1 Å². The lowest BCUT2D eigenvalue weighted by Crippen LogP contribution is -2.28. The van der Waals surface area contributed by atoms with Gasteiger partial charge in [0.15, 0.2) is 16.7 Å². The average molecular weight is 477 g/mol. The van der Waals surface area contributed by atoms with Crippen LogP contribution < -0.4 is 15.0 Å².